The van der Waals surface area contributed by atoms with E-state index in [1.807, 2.05) is 20.8 Å². The fourth-order valence-corrected chi connectivity index (χ4v) is 2.55. The Bertz CT molecular complexity index is 400. The molecule has 1 aliphatic heterocycles. The first-order chi connectivity index (χ1) is 9.57. The van der Waals surface area contributed by atoms with Crippen molar-refractivity contribution in [1.82, 2.24) is 0 Å². The Kier molecular flexibility index (Phi) is 5.36. The minimum Gasteiger partial charge on any atom is -0.475 e. The molecular formula is C15H24O6. The molecule has 1 rings (SSSR count). The molecule has 0 saturated carbocycles. The summed E-state index contributed by atoms with van der Waals surface area (Å²) in [6, 6.07) is 0. The van der Waals surface area contributed by atoms with Gasteiger partial charge in [0.15, 0.2) is 0 Å². The standard InChI is InChI=1S/C15H24O6/c1-10(9-14(2,3)4)15(13(18)19)20-11(16)7-5-6-8-12(17)21-15/h10H,5-9H2,1-4H3,(H,18,19). The molecule has 0 aromatic carbocycles. The maximum Gasteiger partial charge on any atom is 0.390 e. The third-order valence-electron chi connectivity index (χ3n) is 3.41. The third-order valence-corrected chi connectivity index (χ3v) is 3.41. The minimum atomic E-state index is -2.23. The first-order valence-corrected chi connectivity index (χ1v) is 7.24. The monoisotopic (exact) mass is 300 g/mol. The lowest BCUT2D eigenvalue weighted by Gasteiger charge is -2.36. The van der Waals surface area contributed by atoms with E-state index in [1.165, 1.54) is 0 Å². The highest BCUT2D eigenvalue weighted by Gasteiger charge is 2.53. The van der Waals surface area contributed by atoms with E-state index in [-0.39, 0.29) is 18.3 Å². The number of carbonyl (C=O) groups is 3. The van der Waals surface area contributed by atoms with Gasteiger partial charge in [0.25, 0.3) is 0 Å². The summed E-state index contributed by atoms with van der Waals surface area (Å²) in [7, 11) is 0. The Morgan fingerprint density at radius 1 is 1.19 bits per heavy atom. The van der Waals surface area contributed by atoms with Crippen molar-refractivity contribution in [2.45, 2.75) is 65.6 Å². The predicted molar refractivity (Wildman–Crippen MR) is 74.3 cm³/mol. The van der Waals surface area contributed by atoms with Crippen molar-refractivity contribution >= 4 is 17.9 Å². The third kappa shape index (κ3) is 4.72. The number of hydrogen-bond donors (Lipinski definition) is 1. The highest BCUT2D eigenvalue weighted by Crippen LogP contribution is 2.36. The Hall–Kier alpha value is -1.59. The van der Waals surface area contributed by atoms with E-state index in [4.69, 9.17) is 9.47 Å². The molecule has 1 atom stereocenters. The number of carbonyl (C=O) groups excluding carboxylic acids is 2. The van der Waals surface area contributed by atoms with Crippen LogP contribution in [0.25, 0.3) is 0 Å². The number of rotatable bonds is 3. The van der Waals surface area contributed by atoms with Crippen LogP contribution in [0.4, 0.5) is 0 Å². The van der Waals surface area contributed by atoms with Gasteiger partial charge in [-0.1, -0.05) is 27.7 Å². The summed E-state index contributed by atoms with van der Waals surface area (Å²) in [4.78, 5) is 35.3. The van der Waals surface area contributed by atoms with Crippen LogP contribution >= 0.6 is 0 Å². The summed E-state index contributed by atoms with van der Waals surface area (Å²) < 4.78 is 10.2. The van der Waals surface area contributed by atoms with Gasteiger partial charge in [-0.15, -0.1) is 0 Å². The van der Waals surface area contributed by atoms with Crippen LogP contribution < -0.4 is 0 Å². The molecule has 0 aromatic rings. The second-order valence-electron chi connectivity index (χ2n) is 6.79. The van der Waals surface area contributed by atoms with Gasteiger partial charge in [0.1, 0.15) is 0 Å². The maximum absolute atomic E-state index is 11.8. The van der Waals surface area contributed by atoms with Gasteiger partial charge in [-0.2, -0.15) is 0 Å². The van der Waals surface area contributed by atoms with Crippen LogP contribution in [-0.2, 0) is 23.9 Å². The lowest BCUT2D eigenvalue weighted by molar-refractivity contribution is -0.252. The molecule has 6 nitrogen and oxygen atoms in total. The number of esters is 2. The molecule has 0 radical (unpaired) electrons. The van der Waals surface area contributed by atoms with E-state index in [0.717, 1.165) is 0 Å². The van der Waals surface area contributed by atoms with Crippen LogP contribution in [0.3, 0.4) is 0 Å². The molecule has 120 valence electrons. The molecule has 0 bridgehead atoms. The molecule has 0 aliphatic carbocycles. The van der Waals surface area contributed by atoms with E-state index in [1.54, 1.807) is 6.92 Å². The van der Waals surface area contributed by atoms with E-state index in [9.17, 15) is 19.5 Å². The molecule has 1 heterocycles. The van der Waals surface area contributed by atoms with Crippen molar-refractivity contribution < 1.29 is 29.0 Å². The van der Waals surface area contributed by atoms with Gasteiger partial charge in [-0.25, -0.2) is 4.79 Å². The highest BCUT2D eigenvalue weighted by atomic mass is 16.7. The summed E-state index contributed by atoms with van der Waals surface area (Å²) in [6.45, 7) is 7.45. The summed E-state index contributed by atoms with van der Waals surface area (Å²) in [5.41, 5.74) is -0.195. The van der Waals surface area contributed by atoms with Crippen molar-refractivity contribution in [2.24, 2.45) is 11.3 Å². The van der Waals surface area contributed by atoms with Gasteiger partial charge >= 0.3 is 23.7 Å². The van der Waals surface area contributed by atoms with Crippen LogP contribution in [0, 0.1) is 11.3 Å². The van der Waals surface area contributed by atoms with E-state index < -0.39 is 29.6 Å². The second-order valence-corrected chi connectivity index (χ2v) is 6.79. The van der Waals surface area contributed by atoms with Crippen LogP contribution in [0.5, 0.6) is 0 Å². The van der Waals surface area contributed by atoms with Gasteiger partial charge in [0.2, 0.25) is 0 Å². The van der Waals surface area contributed by atoms with Crippen LogP contribution in [0.15, 0.2) is 0 Å². The molecule has 0 amide bonds. The largest absolute Gasteiger partial charge is 0.475 e. The van der Waals surface area contributed by atoms with E-state index >= 15 is 0 Å². The lowest BCUT2D eigenvalue weighted by atomic mass is 9.81. The number of ether oxygens (including phenoxy) is 2. The number of hydrogen-bond acceptors (Lipinski definition) is 5. The maximum atomic E-state index is 11.8. The predicted octanol–water partition coefficient (Wildman–Crippen LogP) is 2.50. The molecule has 6 heteroatoms. The topological polar surface area (TPSA) is 89.9 Å². The van der Waals surface area contributed by atoms with E-state index in [0.29, 0.717) is 19.3 Å². The zero-order valence-electron chi connectivity index (χ0n) is 13.1. The number of cyclic esters (lactones) is 2. The number of carboxylic acids is 1. The van der Waals surface area contributed by atoms with Gasteiger partial charge in [-0.3, -0.25) is 9.59 Å². The fraction of sp³-hybridized carbons (Fsp3) is 0.800. The zero-order valence-corrected chi connectivity index (χ0v) is 13.1. The average molecular weight is 300 g/mol. The van der Waals surface area contributed by atoms with Gasteiger partial charge in [0.05, 0.1) is 0 Å². The Balaban J connectivity index is 3.14. The van der Waals surface area contributed by atoms with Crippen molar-refractivity contribution in [3.63, 3.8) is 0 Å². The first-order valence-electron chi connectivity index (χ1n) is 7.24. The Morgan fingerprint density at radius 2 is 1.62 bits per heavy atom. The Morgan fingerprint density at radius 3 is 1.95 bits per heavy atom. The van der Waals surface area contributed by atoms with Crippen molar-refractivity contribution in [3.05, 3.63) is 0 Å². The molecule has 1 saturated heterocycles. The van der Waals surface area contributed by atoms with Gasteiger partial charge in [0, 0.05) is 18.8 Å². The lowest BCUT2D eigenvalue weighted by Crippen LogP contribution is -2.53. The number of carboxylic acid groups (broad SMARTS) is 1. The molecular weight excluding hydrogens is 276 g/mol. The summed E-state index contributed by atoms with van der Waals surface area (Å²) in [5, 5.41) is 9.55. The molecule has 1 aliphatic rings. The highest BCUT2D eigenvalue weighted by molar-refractivity contribution is 5.84. The van der Waals surface area contributed by atoms with Crippen LogP contribution in [0.2, 0.25) is 0 Å². The first kappa shape index (κ1) is 17.5. The van der Waals surface area contributed by atoms with Crippen molar-refractivity contribution in [3.8, 4) is 0 Å². The molecule has 1 fully saturated rings. The van der Waals surface area contributed by atoms with Crippen molar-refractivity contribution in [2.75, 3.05) is 0 Å². The number of aliphatic carboxylic acids is 1. The zero-order chi connectivity index (χ0) is 16.3. The molecule has 1 unspecified atom stereocenters. The van der Waals surface area contributed by atoms with Crippen LogP contribution in [0.1, 0.15) is 59.8 Å². The smallest absolute Gasteiger partial charge is 0.390 e. The quantitative estimate of drug-likeness (QED) is 0.805. The summed E-state index contributed by atoms with van der Waals surface area (Å²) in [6.07, 6.45) is 1.58. The summed E-state index contributed by atoms with van der Waals surface area (Å²) in [5.74, 6) is -5.62. The van der Waals surface area contributed by atoms with Crippen LogP contribution in [-0.4, -0.2) is 28.8 Å². The second kappa shape index (κ2) is 6.45. The van der Waals surface area contributed by atoms with Gasteiger partial charge < -0.3 is 14.6 Å². The average Bonchev–Trinajstić information content (AvgIpc) is 2.37. The molecule has 0 aromatic heterocycles. The normalized spacial score (nSPS) is 21.3. The summed E-state index contributed by atoms with van der Waals surface area (Å²) >= 11 is 0. The minimum absolute atomic E-state index is 0.0912. The fourth-order valence-electron chi connectivity index (χ4n) is 2.55. The SMILES string of the molecule is CC(CC(C)(C)C)C1(C(=O)O)OC(=O)CCCCC(=O)O1. The molecule has 0 spiro atoms. The van der Waals surface area contributed by atoms with Gasteiger partial charge in [-0.05, 0) is 24.7 Å². The molecule has 21 heavy (non-hydrogen) atoms. The Labute approximate surface area is 124 Å². The molecule has 1 N–H and O–H groups in total. The van der Waals surface area contributed by atoms with E-state index in [2.05, 4.69) is 0 Å². The van der Waals surface area contributed by atoms with Crippen molar-refractivity contribution in [1.29, 1.82) is 0 Å².